The van der Waals surface area contributed by atoms with Gasteiger partial charge in [-0.05, 0) is 74.9 Å². The maximum Gasteiger partial charge on any atom is 0.264 e. The molecule has 0 aliphatic carbocycles. The number of benzene rings is 1. The summed E-state index contributed by atoms with van der Waals surface area (Å²) in [4.78, 5) is 23.1. The fourth-order valence-corrected chi connectivity index (χ4v) is 7.90. The van der Waals surface area contributed by atoms with Crippen molar-refractivity contribution in [1.82, 2.24) is 24.9 Å². The zero-order valence-electron chi connectivity index (χ0n) is 27.4. The van der Waals surface area contributed by atoms with Crippen LogP contribution in [0.2, 0.25) is 0 Å². The number of likely N-dealkylation sites (tertiary alicyclic amines) is 1. The predicted molar refractivity (Wildman–Crippen MR) is 177 cm³/mol. The predicted octanol–water partition coefficient (Wildman–Crippen LogP) is 4.22. The van der Waals surface area contributed by atoms with E-state index in [1.165, 1.54) is 18.1 Å². The third-order valence-electron chi connectivity index (χ3n) is 10.5. The number of piperidine rings is 2. The molecule has 0 saturated carbocycles. The number of nitrogens with one attached hydrogen (secondary N) is 1. The summed E-state index contributed by atoms with van der Waals surface area (Å²) < 4.78 is 37.4. The quantitative estimate of drug-likeness (QED) is 0.418. The summed E-state index contributed by atoms with van der Waals surface area (Å²) in [6, 6.07) is 3.70. The molecule has 250 valence electrons. The summed E-state index contributed by atoms with van der Waals surface area (Å²) in [5.41, 5.74) is 10.5. The Hall–Kier alpha value is -3.35. The van der Waals surface area contributed by atoms with Crippen LogP contribution in [0.25, 0.3) is 5.57 Å². The molecule has 2 aromatic rings. The highest BCUT2D eigenvalue weighted by molar-refractivity contribution is 6.10. The Morgan fingerprint density at radius 2 is 1.96 bits per heavy atom. The zero-order valence-corrected chi connectivity index (χ0v) is 27.4. The lowest BCUT2D eigenvalue weighted by Gasteiger charge is -2.42. The summed E-state index contributed by atoms with van der Waals surface area (Å²) in [5, 5.41) is 8.74. The fraction of sp³-hybridized carbons (Fsp3) is 0.618. The van der Waals surface area contributed by atoms with Gasteiger partial charge in [-0.1, -0.05) is 0 Å². The van der Waals surface area contributed by atoms with Crippen molar-refractivity contribution in [1.29, 1.82) is 0 Å². The van der Waals surface area contributed by atoms with Gasteiger partial charge in [-0.25, -0.2) is 8.78 Å². The highest BCUT2D eigenvalue weighted by Crippen LogP contribution is 2.43. The molecule has 0 bridgehead atoms. The number of aryl methyl sites for hydroxylation is 1. The van der Waals surface area contributed by atoms with Crippen molar-refractivity contribution in [3.8, 4) is 0 Å². The minimum Gasteiger partial charge on any atom is -0.404 e. The highest BCUT2D eigenvalue weighted by Gasteiger charge is 2.37. The van der Waals surface area contributed by atoms with Gasteiger partial charge in [0.05, 0.1) is 18.2 Å². The van der Waals surface area contributed by atoms with Gasteiger partial charge in [-0.2, -0.15) is 5.10 Å². The number of aliphatic imine (C=N–C) groups is 1. The van der Waals surface area contributed by atoms with Gasteiger partial charge < -0.3 is 30.5 Å². The van der Waals surface area contributed by atoms with Crippen molar-refractivity contribution in [2.75, 3.05) is 64.9 Å². The number of hydrogen-bond donors (Lipinski definition) is 2. The average molecular weight is 639 g/mol. The van der Waals surface area contributed by atoms with E-state index in [1.807, 2.05) is 18.1 Å². The number of nitrogens with zero attached hydrogens (tertiary/aromatic N) is 6. The standard InChI is InChI=1S/C34H48F2N8O2/c1-23(45)42-16-8-30-29(21-42)33(40-44(30)26-6-14-41(15-7-26)22-34(46-3)9-11-39-12-10-34)43-13-4-5-24-17-27(25(19-37)20-38-2)28(32(35)36)18-31(24)43/h17-20,26,32,39H,4-16,21-22,37H2,1-3H3/b25-19+,38-20?. The molecule has 4 aliphatic rings. The van der Waals surface area contributed by atoms with Crippen molar-refractivity contribution in [3.63, 3.8) is 0 Å². The largest absolute Gasteiger partial charge is 0.404 e. The van der Waals surface area contributed by atoms with E-state index in [0.29, 0.717) is 30.8 Å². The summed E-state index contributed by atoms with van der Waals surface area (Å²) in [6.07, 6.45) is 6.53. The number of allylic oxidation sites excluding steroid dienone is 1. The third kappa shape index (κ3) is 6.31. The van der Waals surface area contributed by atoms with Crippen molar-refractivity contribution in [2.45, 2.75) is 76.5 Å². The Morgan fingerprint density at radius 1 is 1.20 bits per heavy atom. The van der Waals surface area contributed by atoms with Crippen molar-refractivity contribution in [3.05, 3.63) is 46.3 Å². The van der Waals surface area contributed by atoms with Crippen LogP contribution in [0.3, 0.4) is 0 Å². The van der Waals surface area contributed by atoms with Crippen LogP contribution in [0.1, 0.15) is 79.4 Å². The maximum absolute atomic E-state index is 14.5. The van der Waals surface area contributed by atoms with E-state index in [1.54, 1.807) is 20.0 Å². The van der Waals surface area contributed by atoms with Crippen LogP contribution in [-0.4, -0.2) is 97.3 Å². The second-order valence-electron chi connectivity index (χ2n) is 13.2. The second-order valence-corrected chi connectivity index (χ2v) is 13.2. The third-order valence-corrected chi connectivity index (χ3v) is 10.5. The van der Waals surface area contributed by atoms with Crippen LogP contribution in [-0.2, 0) is 28.9 Å². The number of aromatic nitrogens is 2. The molecular formula is C34H48F2N8O2. The Kier molecular flexibility index (Phi) is 9.77. The zero-order chi connectivity index (χ0) is 32.4. The van der Waals surface area contributed by atoms with Crippen molar-refractivity contribution >= 4 is 29.2 Å². The molecule has 6 rings (SSSR count). The lowest BCUT2D eigenvalue weighted by Crippen LogP contribution is -2.52. The molecule has 12 heteroatoms. The molecule has 2 saturated heterocycles. The fourth-order valence-electron chi connectivity index (χ4n) is 7.90. The number of carbonyl (C=O) groups excluding carboxylic acids is 1. The molecule has 0 radical (unpaired) electrons. The molecule has 0 atom stereocenters. The van der Waals surface area contributed by atoms with Crippen LogP contribution in [0, 0.1) is 0 Å². The molecule has 5 heterocycles. The van der Waals surface area contributed by atoms with E-state index in [0.717, 1.165) is 100 Å². The van der Waals surface area contributed by atoms with Crippen molar-refractivity contribution in [2.24, 2.45) is 10.7 Å². The number of carbonyl (C=O) groups is 1. The highest BCUT2D eigenvalue weighted by atomic mass is 19.3. The lowest BCUT2D eigenvalue weighted by molar-refractivity contribution is -0.129. The van der Waals surface area contributed by atoms with Gasteiger partial charge >= 0.3 is 0 Å². The molecule has 1 aromatic heterocycles. The molecular weight excluding hydrogens is 590 g/mol. The molecule has 2 fully saturated rings. The van der Waals surface area contributed by atoms with Crippen LogP contribution in [0.4, 0.5) is 20.3 Å². The minimum absolute atomic E-state index is 0.0324. The number of amides is 1. The topological polar surface area (TPSA) is 104 Å². The van der Waals surface area contributed by atoms with Crippen molar-refractivity contribution < 1.29 is 18.3 Å². The summed E-state index contributed by atoms with van der Waals surface area (Å²) in [6.45, 7) is 8.26. The number of methoxy groups -OCH3 is 1. The number of hydrogen-bond acceptors (Lipinski definition) is 8. The van der Waals surface area contributed by atoms with Crippen LogP contribution < -0.4 is 16.0 Å². The Bertz CT molecular complexity index is 1470. The molecule has 0 unspecified atom stereocenters. The first-order valence-electron chi connectivity index (χ1n) is 16.7. The van der Waals surface area contributed by atoms with Gasteiger partial charge in [0, 0.05) is 101 Å². The van der Waals surface area contributed by atoms with E-state index in [-0.39, 0.29) is 23.1 Å². The molecule has 3 N–H and O–H groups in total. The van der Waals surface area contributed by atoms with Crippen LogP contribution in [0.5, 0.6) is 0 Å². The van der Waals surface area contributed by atoms with Gasteiger partial charge in [-0.3, -0.25) is 14.5 Å². The minimum atomic E-state index is -2.68. The first-order chi connectivity index (χ1) is 22.3. The van der Waals surface area contributed by atoms with Gasteiger partial charge in [0.1, 0.15) is 0 Å². The van der Waals surface area contributed by atoms with Gasteiger partial charge in [0.25, 0.3) is 6.43 Å². The normalized spacial score (nSPS) is 21.2. The first-order valence-corrected chi connectivity index (χ1v) is 16.7. The average Bonchev–Trinajstić information content (AvgIpc) is 3.45. The monoisotopic (exact) mass is 638 g/mol. The van der Waals surface area contributed by atoms with E-state index in [2.05, 4.69) is 24.8 Å². The Labute approximate surface area is 270 Å². The molecule has 46 heavy (non-hydrogen) atoms. The maximum atomic E-state index is 14.5. The Balaban J connectivity index is 1.33. The number of halogens is 2. The SMILES string of the molecule is CN=C/C(=C\N)c1cc2c(cc1C(F)F)N(c1nn(C3CCN(CC4(OC)CCNCC4)CC3)c3c1CN(C(C)=O)CC3)CCC2. The number of nitrogens with two attached hydrogens (primary N) is 1. The number of anilines is 2. The number of ether oxygens (including phenoxy) is 1. The molecule has 4 aliphatic heterocycles. The molecule has 1 aromatic carbocycles. The van der Waals surface area contributed by atoms with E-state index in [9.17, 15) is 13.6 Å². The summed E-state index contributed by atoms with van der Waals surface area (Å²) in [7, 11) is 3.45. The Morgan fingerprint density at radius 3 is 2.61 bits per heavy atom. The summed E-state index contributed by atoms with van der Waals surface area (Å²) >= 11 is 0. The summed E-state index contributed by atoms with van der Waals surface area (Å²) in [5.74, 6) is 0.819. The number of fused-ring (bicyclic) bond motifs is 2. The smallest absolute Gasteiger partial charge is 0.264 e. The van der Waals surface area contributed by atoms with Gasteiger partial charge in [0.15, 0.2) is 5.82 Å². The number of alkyl halides is 2. The van der Waals surface area contributed by atoms with E-state index >= 15 is 0 Å². The molecule has 1 amide bonds. The molecule has 0 spiro atoms. The first kappa shape index (κ1) is 32.6. The second kappa shape index (κ2) is 13.8. The number of rotatable bonds is 8. The van der Waals surface area contributed by atoms with Crippen LogP contribution >= 0.6 is 0 Å². The molecule has 10 nitrogen and oxygen atoms in total. The lowest BCUT2D eigenvalue weighted by atomic mass is 9.90. The van der Waals surface area contributed by atoms with Gasteiger partial charge in [-0.15, -0.1) is 0 Å². The van der Waals surface area contributed by atoms with Gasteiger partial charge in [0.2, 0.25) is 5.91 Å². The van der Waals surface area contributed by atoms with E-state index in [4.69, 9.17) is 15.6 Å². The van der Waals surface area contributed by atoms with Crippen LogP contribution in [0.15, 0.2) is 23.3 Å². The van der Waals surface area contributed by atoms with E-state index < -0.39 is 6.43 Å².